The van der Waals surface area contributed by atoms with Gasteiger partial charge in [0.2, 0.25) is 0 Å². The molecule has 1 fully saturated rings. The highest BCUT2D eigenvalue weighted by Gasteiger charge is 2.25. The van der Waals surface area contributed by atoms with Crippen LogP contribution in [0.1, 0.15) is 84.0 Å². The predicted octanol–water partition coefficient (Wildman–Crippen LogP) is 8.81. The number of benzene rings is 1. The molecule has 1 aromatic carbocycles. The highest BCUT2D eigenvalue weighted by molar-refractivity contribution is 6.03. The van der Waals surface area contributed by atoms with E-state index in [0.717, 1.165) is 77.8 Å². The Morgan fingerprint density at radius 3 is 2.39 bits per heavy atom. The number of aliphatic imine (C=N–C) groups is 1. The van der Waals surface area contributed by atoms with Crippen LogP contribution >= 0.6 is 0 Å². The number of likely N-dealkylation sites (N-methyl/N-ethyl adjacent to an activating group) is 1. The molecular weight excluding hydrogens is 507 g/mol. The summed E-state index contributed by atoms with van der Waals surface area (Å²) in [5.74, 6) is 2.14. The second-order valence-corrected chi connectivity index (χ2v) is 12.4. The van der Waals surface area contributed by atoms with Crippen molar-refractivity contribution in [2.45, 2.75) is 86.1 Å². The SMILES string of the molecule is C=CN(/C(N=C(c1cccnc1CCC1CC1)C(C)Cc1ccc(F)cc1)=C(/C)C(=C)N(C)CCC(C)C)C(C)C. The largest absolute Gasteiger partial charge is 0.375 e. The van der Waals surface area contributed by atoms with E-state index < -0.39 is 0 Å². The maximum absolute atomic E-state index is 13.7. The smallest absolute Gasteiger partial charge is 0.138 e. The molecule has 3 rings (SSSR count). The molecule has 1 saturated carbocycles. The highest BCUT2D eigenvalue weighted by Crippen LogP contribution is 2.34. The van der Waals surface area contributed by atoms with Gasteiger partial charge in [0.05, 0.1) is 5.71 Å². The zero-order valence-electron chi connectivity index (χ0n) is 26.5. The van der Waals surface area contributed by atoms with Gasteiger partial charge in [-0.1, -0.05) is 58.9 Å². The van der Waals surface area contributed by atoms with Crippen LogP contribution in [0.25, 0.3) is 0 Å². The average molecular weight is 559 g/mol. The number of nitrogens with zero attached hydrogens (tertiary/aromatic N) is 4. The Balaban J connectivity index is 2.15. The summed E-state index contributed by atoms with van der Waals surface area (Å²) in [5.41, 5.74) is 6.26. The van der Waals surface area contributed by atoms with Crippen molar-refractivity contribution < 1.29 is 4.39 Å². The van der Waals surface area contributed by atoms with Gasteiger partial charge in [0.15, 0.2) is 0 Å². The molecule has 0 N–H and O–H groups in total. The fourth-order valence-electron chi connectivity index (χ4n) is 5.12. The van der Waals surface area contributed by atoms with Gasteiger partial charge in [-0.2, -0.15) is 0 Å². The third kappa shape index (κ3) is 9.41. The summed E-state index contributed by atoms with van der Waals surface area (Å²) in [6.07, 6.45) is 10.4. The van der Waals surface area contributed by atoms with Crippen LogP contribution in [0.5, 0.6) is 0 Å². The van der Waals surface area contributed by atoms with Gasteiger partial charge >= 0.3 is 0 Å². The van der Waals surface area contributed by atoms with Crippen molar-refractivity contribution in [3.63, 3.8) is 0 Å². The summed E-state index contributed by atoms with van der Waals surface area (Å²) in [7, 11) is 2.11. The van der Waals surface area contributed by atoms with Gasteiger partial charge in [-0.25, -0.2) is 9.38 Å². The number of aromatic nitrogens is 1. The minimum atomic E-state index is -0.218. The summed E-state index contributed by atoms with van der Waals surface area (Å²) in [5, 5.41) is 0. The van der Waals surface area contributed by atoms with Gasteiger partial charge in [0.1, 0.15) is 11.6 Å². The van der Waals surface area contributed by atoms with E-state index in [4.69, 9.17) is 9.98 Å². The van der Waals surface area contributed by atoms with Crippen molar-refractivity contribution in [1.29, 1.82) is 0 Å². The van der Waals surface area contributed by atoms with Crippen LogP contribution in [0.2, 0.25) is 0 Å². The quantitative estimate of drug-likeness (QED) is 0.152. The second kappa shape index (κ2) is 15.1. The first-order valence-electron chi connectivity index (χ1n) is 15.3. The first-order chi connectivity index (χ1) is 19.5. The topological polar surface area (TPSA) is 31.7 Å². The van der Waals surface area contributed by atoms with Crippen molar-refractivity contribution >= 4 is 5.71 Å². The zero-order chi connectivity index (χ0) is 30.1. The summed E-state index contributed by atoms with van der Waals surface area (Å²) >= 11 is 0. The molecule has 1 heterocycles. The Labute approximate surface area is 248 Å². The summed E-state index contributed by atoms with van der Waals surface area (Å²) in [6.45, 7) is 22.7. The monoisotopic (exact) mass is 558 g/mol. The van der Waals surface area contributed by atoms with Crippen molar-refractivity contribution in [1.82, 2.24) is 14.8 Å². The van der Waals surface area contributed by atoms with E-state index in [1.807, 2.05) is 30.6 Å². The molecule has 1 aromatic heterocycles. The van der Waals surface area contributed by atoms with Crippen LogP contribution in [-0.2, 0) is 12.8 Å². The normalized spacial score (nSPS) is 15.1. The third-order valence-electron chi connectivity index (χ3n) is 8.07. The van der Waals surface area contributed by atoms with Crippen LogP contribution < -0.4 is 0 Å². The molecule has 0 saturated heterocycles. The standard InChI is InChI=1S/C36H51FN4/c1-10-41(26(4)5)36(28(7)29(8)40(9)23-21-25(2)3)39-35(27(6)24-31-15-18-32(37)19-16-31)33-12-11-22-38-34(33)20-17-30-13-14-30/h10-12,15-16,18-19,22,25-27,30H,1,8,13-14,17,20-21,23-24H2,2-7,9H3/b36-28-,39-35?. The van der Waals surface area contributed by atoms with E-state index in [9.17, 15) is 4.39 Å². The van der Waals surface area contributed by atoms with E-state index in [1.165, 1.54) is 25.0 Å². The molecular formula is C36H51FN4. The number of hydrogen-bond donors (Lipinski definition) is 0. The lowest BCUT2D eigenvalue weighted by molar-refractivity contribution is 0.362. The van der Waals surface area contributed by atoms with Gasteiger partial charge in [0.25, 0.3) is 0 Å². The molecule has 0 spiro atoms. The molecule has 0 aliphatic heterocycles. The van der Waals surface area contributed by atoms with E-state index in [1.54, 1.807) is 0 Å². The molecule has 0 amide bonds. The molecule has 1 aliphatic carbocycles. The van der Waals surface area contributed by atoms with Crippen LogP contribution in [0.15, 0.2) is 84.0 Å². The minimum absolute atomic E-state index is 0.0675. The van der Waals surface area contributed by atoms with Crippen molar-refractivity contribution in [2.24, 2.45) is 22.7 Å². The number of halogens is 1. The minimum Gasteiger partial charge on any atom is -0.375 e. The van der Waals surface area contributed by atoms with Crippen LogP contribution in [-0.4, -0.2) is 40.1 Å². The lowest BCUT2D eigenvalue weighted by Crippen LogP contribution is -2.29. The fraction of sp³-hybridized carbons (Fsp3) is 0.500. The van der Waals surface area contributed by atoms with Gasteiger partial charge in [-0.05, 0) is 94.3 Å². The lowest BCUT2D eigenvalue weighted by atomic mass is 9.90. The molecule has 5 heteroatoms. The van der Waals surface area contributed by atoms with E-state index in [2.05, 4.69) is 77.6 Å². The molecule has 4 nitrogen and oxygen atoms in total. The lowest BCUT2D eigenvalue weighted by Gasteiger charge is -2.31. The molecule has 1 aliphatic rings. The molecule has 222 valence electrons. The second-order valence-electron chi connectivity index (χ2n) is 12.4. The maximum atomic E-state index is 13.7. The molecule has 0 radical (unpaired) electrons. The number of aryl methyl sites for hydroxylation is 1. The molecule has 0 bridgehead atoms. The fourth-order valence-corrected chi connectivity index (χ4v) is 5.12. The molecule has 1 unspecified atom stereocenters. The van der Waals surface area contributed by atoms with Crippen LogP contribution in [0, 0.1) is 23.6 Å². The van der Waals surface area contributed by atoms with Gasteiger partial charge in [-0.15, -0.1) is 0 Å². The Bertz CT molecular complexity index is 1220. The molecule has 41 heavy (non-hydrogen) atoms. The Morgan fingerprint density at radius 2 is 1.80 bits per heavy atom. The van der Waals surface area contributed by atoms with Crippen LogP contribution in [0.4, 0.5) is 4.39 Å². The van der Waals surface area contributed by atoms with Gasteiger partial charge < -0.3 is 9.80 Å². The van der Waals surface area contributed by atoms with E-state index >= 15 is 0 Å². The number of rotatable bonds is 16. The number of allylic oxidation sites excluding steroid dienone is 1. The number of hydrogen-bond acceptors (Lipinski definition) is 4. The molecule has 2 aromatic rings. The van der Waals surface area contributed by atoms with E-state index in [-0.39, 0.29) is 17.8 Å². The highest BCUT2D eigenvalue weighted by atomic mass is 19.1. The Hall–Kier alpha value is -3.21. The van der Waals surface area contributed by atoms with Crippen molar-refractivity contribution in [2.75, 3.05) is 13.6 Å². The van der Waals surface area contributed by atoms with Gasteiger partial charge in [0, 0.05) is 54.3 Å². The van der Waals surface area contributed by atoms with Crippen molar-refractivity contribution in [3.8, 4) is 0 Å². The van der Waals surface area contributed by atoms with Gasteiger partial charge in [-0.3, -0.25) is 4.98 Å². The average Bonchev–Trinajstić information content (AvgIpc) is 3.78. The first-order valence-corrected chi connectivity index (χ1v) is 15.3. The first kappa shape index (κ1) is 32.3. The zero-order valence-corrected chi connectivity index (χ0v) is 26.5. The summed E-state index contributed by atoms with van der Waals surface area (Å²) < 4.78 is 13.7. The summed E-state index contributed by atoms with van der Waals surface area (Å²) in [6, 6.07) is 11.2. The molecule has 1 atom stereocenters. The predicted molar refractivity (Wildman–Crippen MR) is 172 cm³/mol. The summed E-state index contributed by atoms with van der Waals surface area (Å²) in [4.78, 5) is 14.7. The maximum Gasteiger partial charge on any atom is 0.138 e. The third-order valence-corrected chi connectivity index (χ3v) is 8.07. The van der Waals surface area contributed by atoms with Crippen LogP contribution in [0.3, 0.4) is 0 Å². The Morgan fingerprint density at radius 1 is 1.12 bits per heavy atom. The van der Waals surface area contributed by atoms with Crippen molar-refractivity contribution in [3.05, 3.63) is 102 Å². The Kier molecular flexibility index (Phi) is 11.9. The van der Waals surface area contributed by atoms with E-state index in [0.29, 0.717) is 5.92 Å². The number of pyridine rings is 1.